The summed E-state index contributed by atoms with van der Waals surface area (Å²) >= 11 is 3.10. The number of hydrogen-bond acceptors (Lipinski definition) is 8. The minimum atomic E-state index is -1.21. The maximum absolute atomic E-state index is 11.8. The summed E-state index contributed by atoms with van der Waals surface area (Å²) in [6.45, 7) is 0.554. The number of anilines is 1. The van der Waals surface area contributed by atoms with E-state index in [1.165, 1.54) is 11.3 Å². The first-order valence-electron chi connectivity index (χ1n) is 8.63. The summed E-state index contributed by atoms with van der Waals surface area (Å²) in [6, 6.07) is 5.53. The highest BCUT2D eigenvalue weighted by atomic mass is 35.5. The topological polar surface area (TPSA) is 147 Å². The fourth-order valence-electron chi connectivity index (χ4n) is 2.99. The highest BCUT2D eigenvalue weighted by molar-refractivity contribution is 8.01. The van der Waals surface area contributed by atoms with Crippen LogP contribution in [0.25, 0.3) is 10.2 Å². The van der Waals surface area contributed by atoms with Crippen LogP contribution in [0.4, 0.5) is 5.69 Å². The van der Waals surface area contributed by atoms with Crippen molar-refractivity contribution in [3.05, 3.63) is 45.5 Å². The lowest BCUT2D eigenvalue weighted by Gasteiger charge is -2.18. The van der Waals surface area contributed by atoms with Crippen molar-refractivity contribution < 1.29 is 19.4 Å². The highest BCUT2D eigenvalue weighted by Gasteiger charge is 2.22. The van der Waals surface area contributed by atoms with Gasteiger partial charge >= 0.3 is 5.97 Å². The summed E-state index contributed by atoms with van der Waals surface area (Å²) in [7, 11) is 0. The molecule has 1 aromatic carbocycles. The number of benzene rings is 1. The molecule has 2 aliphatic rings. The number of carbonyl (C=O) groups is 2. The number of carboxylic acid groups (broad SMARTS) is 1. The number of halogens is 1. The number of aromatic carboxylic acids is 1. The molecule has 12 heteroatoms. The quantitative estimate of drug-likeness (QED) is 0.447. The summed E-state index contributed by atoms with van der Waals surface area (Å²) in [6.07, 6.45) is 0.858. The Morgan fingerprint density at radius 3 is 2.87 bits per heavy atom. The number of carboxylic acids is 1. The molecular weight excluding hydrogens is 452 g/mol. The van der Waals surface area contributed by atoms with Crippen molar-refractivity contribution in [3.63, 3.8) is 0 Å². The Morgan fingerprint density at radius 1 is 1.33 bits per heavy atom. The van der Waals surface area contributed by atoms with Gasteiger partial charge in [0.05, 0.1) is 15.3 Å². The zero-order valence-corrected chi connectivity index (χ0v) is 17.8. The van der Waals surface area contributed by atoms with Gasteiger partial charge in [0.1, 0.15) is 10.6 Å². The number of nitrogens with two attached hydrogens (primary N) is 1. The lowest BCUT2D eigenvalue weighted by atomic mass is 10.1. The molecule has 0 saturated carbocycles. The lowest BCUT2D eigenvalue weighted by Crippen LogP contribution is -2.25. The standard InChI is InChI=1S/C9H6N2O3S2.C9H10N2O2.ClH/c12-6-4-3-1-2-15-9(3)16-7(4)11-5(10-6)8(13)14;10-4-6-1-2-8-7(3-6)11-9(12)5-13-8;/h1-2H2,(H,13,14)(H,10,11,12);1-3H,4-5,10H2,(H,11,12);1H. The molecule has 0 bridgehead atoms. The van der Waals surface area contributed by atoms with Crippen molar-refractivity contribution in [1.82, 2.24) is 9.97 Å². The second-order valence-corrected chi connectivity index (χ2v) is 8.60. The molecule has 158 valence electrons. The van der Waals surface area contributed by atoms with E-state index in [0.29, 0.717) is 28.2 Å². The van der Waals surface area contributed by atoms with Gasteiger partial charge in [-0.2, -0.15) is 0 Å². The van der Waals surface area contributed by atoms with Crippen molar-refractivity contribution in [2.75, 3.05) is 17.7 Å². The van der Waals surface area contributed by atoms with Gasteiger partial charge in [-0.3, -0.25) is 9.59 Å². The molecule has 3 aromatic rings. The number of thioether (sulfide) groups is 1. The molecular formula is C18H17ClN4O5S2. The normalized spacial score (nSPS) is 13.8. The molecule has 0 spiro atoms. The monoisotopic (exact) mass is 468 g/mol. The van der Waals surface area contributed by atoms with E-state index in [2.05, 4.69) is 15.3 Å². The van der Waals surface area contributed by atoms with Gasteiger partial charge in [-0.15, -0.1) is 35.5 Å². The van der Waals surface area contributed by atoms with Crippen molar-refractivity contribution in [1.29, 1.82) is 0 Å². The molecule has 4 heterocycles. The molecule has 2 aromatic heterocycles. The smallest absolute Gasteiger partial charge is 0.372 e. The Kier molecular flexibility index (Phi) is 6.66. The number of hydrogen-bond donors (Lipinski definition) is 4. The average Bonchev–Trinajstić information content (AvgIpc) is 3.28. The Hall–Kier alpha value is -2.60. The van der Waals surface area contributed by atoms with Crippen LogP contribution in [0, 0.1) is 0 Å². The first kappa shape index (κ1) is 22.1. The van der Waals surface area contributed by atoms with Gasteiger partial charge < -0.3 is 25.9 Å². The van der Waals surface area contributed by atoms with Gasteiger partial charge in [0.25, 0.3) is 11.5 Å². The van der Waals surface area contributed by atoms with Crippen molar-refractivity contribution in [3.8, 4) is 5.75 Å². The number of fused-ring (bicyclic) bond motifs is 4. The van der Waals surface area contributed by atoms with E-state index in [0.717, 1.165) is 27.5 Å². The van der Waals surface area contributed by atoms with E-state index in [-0.39, 0.29) is 36.3 Å². The van der Waals surface area contributed by atoms with E-state index in [1.807, 2.05) is 18.2 Å². The highest BCUT2D eigenvalue weighted by Crippen LogP contribution is 2.41. The average molecular weight is 469 g/mol. The predicted octanol–water partition coefficient (Wildman–Crippen LogP) is 2.23. The lowest BCUT2D eigenvalue weighted by molar-refractivity contribution is -0.118. The molecule has 5 rings (SSSR count). The second kappa shape index (κ2) is 9.04. The number of ether oxygens (including phenoxy) is 1. The maximum atomic E-state index is 11.8. The van der Waals surface area contributed by atoms with Crippen LogP contribution in [0.1, 0.15) is 21.7 Å². The third kappa shape index (κ3) is 4.29. The van der Waals surface area contributed by atoms with Crippen LogP contribution < -0.4 is 21.3 Å². The molecule has 2 aliphatic heterocycles. The molecule has 0 fully saturated rings. The van der Waals surface area contributed by atoms with Gasteiger partial charge in [-0.1, -0.05) is 6.07 Å². The third-order valence-electron chi connectivity index (χ3n) is 4.32. The number of aromatic nitrogens is 2. The minimum absolute atomic E-state index is 0. The molecule has 0 atom stereocenters. The van der Waals surface area contributed by atoms with Crippen LogP contribution >= 0.6 is 35.5 Å². The molecule has 9 nitrogen and oxygen atoms in total. The summed E-state index contributed by atoms with van der Waals surface area (Å²) < 4.78 is 6.28. The van der Waals surface area contributed by atoms with E-state index >= 15 is 0 Å². The molecule has 0 radical (unpaired) electrons. The van der Waals surface area contributed by atoms with E-state index in [9.17, 15) is 14.4 Å². The van der Waals surface area contributed by atoms with Gasteiger partial charge in [-0.25, -0.2) is 9.78 Å². The van der Waals surface area contributed by atoms with E-state index in [1.54, 1.807) is 11.8 Å². The Labute approximate surface area is 184 Å². The van der Waals surface area contributed by atoms with Crippen LogP contribution in [0.3, 0.4) is 0 Å². The third-order valence-corrected chi connectivity index (χ3v) is 6.77. The zero-order valence-electron chi connectivity index (χ0n) is 15.4. The number of nitrogens with one attached hydrogen (secondary N) is 2. The predicted molar refractivity (Wildman–Crippen MR) is 117 cm³/mol. The molecule has 30 heavy (non-hydrogen) atoms. The second-order valence-electron chi connectivity index (χ2n) is 6.24. The number of H-pyrrole nitrogens is 1. The molecule has 5 N–H and O–H groups in total. The Bertz CT molecular complexity index is 1190. The van der Waals surface area contributed by atoms with Gasteiger partial charge in [0.2, 0.25) is 5.82 Å². The number of nitrogens with zero attached hydrogens (tertiary/aromatic N) is 1. The minimum Gasteiger partial charge on any atom is -0.482 e. The van der Waals surface area contributed by atoms with Crippen molar-refractivity contribution in [2.24, 2.45) is 5.73 Å². The summed E-state index contributed by atoms with van der Waals surface area (Å²) in [5, 5.41) is 12.1. The summed E-state index contributed by atoms with van der Waals surface area (Å²) in [5.41, 5.74) is 7.83. The fourth-order valence-corrected chi connectivity index (χ4v) is 5.54. The summed E-state index contributed by atoms with van der Waals surface area (Å²) in [5.74, 6) is 0.0677. The molecule has 0 unspecified atom stereocenters. The summed E-state index contributed by atoms with van der Waals surface area (Å²) in [4.78, 5) is 40.2. The van der Waals surface area contributed by atoms with E-state index in [4.69, 9.17) is 15.6 Å². The molecule has 0 aliphatic carbocycles. The van der Waals surface area contributed by atoms with Crippen molar-refractivity contribution >= 4 is 63.3 Å². The first-order valence-corrected chi connectivity index (χ1v) is 10.4. The Morgan fingerprint density at radius 2 is 2.13 bits per heavy atom. The number of aromatic amines is 1. The fraction of sp³-hybridized carbons (Fsp3) is 0.222. The number of amides is 1. The van der Waals surface area contributed by atoms with Gasteiger partial charge in [-0.05, 0) is 29.7 Å². The van der Waals surface area contributed by atoms with Crippen LogP contribution in [-0.2, 0) is 17.8 Å². The number of carbonyl (C=O) groups excluding carboxylic acids is 1. The van der Waals surface area contributed by atoms with Gasteiger partial charge in [0.15, 0.2) is 6.61 Å². The van der Waals surface area contributed by atoms with Crippen molar-refractivity contribution in [2.45, 2.75) is 17.2 Å². The largest absolute Gasteiger partial charge is 0.482 e. The number of aryl methyl sites for hydroxylation is 1. The van der Waals surface area contributed by atoms with Crippen LogP contribution in [0.15, 0.2) is 27.2 Å². The van der Waals surface area contributed by atoms with Gasteiger partial charge in [0, 0.05) is 12.3 Å². The van der Waals surface area contributed by atoms with Crippen LogP contribution in [0.2, 0.25) is 0 Å². The molecule has 0 saturated heterocycles. The SMILES string of the molecule is Cl.NCc1ccc2c(c1)NC(=O)CO2.O=C(O)c1nc2sc3c(c2c(=O)[nH]1)CCS3. The number of thiophene rings is 1. The van der Waals surface area contributed by atoms with E-state index < -0.39 is 5.97 Å². The molecule has 1 amide bonds. The van der Waals surface area contributed by atoms with Crippen LogP contribution in [0.5, 0.6) is 5.75 Å². The first-order chi connectivity index (χ1) is 14.0. The zero-order chi connectivity index (χ0) is 20.5. The Balaban J connectivity index is 0.000000169. The number of rotatable bonds is 2. The van der Waals surface area contributed by atoms with Crippen LogP contribution in [-0.4, -0.2) is 39.3 Å². The maximum Gasteiger partial charge on any atom is 0.372 e.